The second-order valence-corrected chi connectivity index (χ2v) is 5.78. The van der Waals surface area contributed by atoms with Crippen molar-refractivity contribution in [2.75, 3.05) is 18.1 Å². The van der Waals surface area contributed by atoms with Crippen LogP contribution in [0.2, 0.25) is 0 Å². The van der Waals surface area contributed by atoms with Gasteiger partial charge in [0.2, 0.25) is 0 Å². The molecule has 1 atom stereocenters. The van der Waals surface area contributed by atoms with Crippen molar-refractivity contribution in [2.24, 2.45) is 0 Å². The van der Waals surface area contributed by atoms with Crippen molar-refractivity contribution in [3.8, 4) is 5.75 Å². The van der Waals surface area contributed by atoms with Crippen LogP contribution in [0.4, 0.5) is 5.69 Å². The predicted octanol–water partition coefficient (Wildman–Crippen LogP) is 4.13. The van der Waals surface area contributed by atoms with Gasteiger partial charge in [0.15, 0.2) is 0 Å². The molecule has 0 amide bonds. The Hall–Kier alpha value is -1.96. The van der Waals surface area contributed by atoms with Crippen LogP contribution in [0.1, 0.15) is 23.6 Å². The largest absolute Gasteiger partial charge is 0.491 e. The van der Waals surface area contributed by atoms with Crippen LogP contribution in [-0.2, 0) is 6.42 Å². The summed E-state index contributed by atoms with van der Waals surface area (Å²) in [5.41, 5.74) is 5.34. The molecule has 0 aliphatic carbocycles. The van der Waals surface area contributed by atoms with Crippen molar-refractivity contribution in [1.82, 2.24) is 0 Å². The zero-order chi connectivity index (χ0) is 14.8. The fourth-order valence-corrected chi connectivity index (χ4v) is 3.17. The van der Waals surface area contributed by atoms with Crippen LogP contribution in [0.5, 0.6) is 5.75 Å². The van der Waals surface area contributed by atoms with Gasteiger partial charge in [0, 0.05) is 12.2 Å². The molecule has 2 nitrogen and oxygen atoms in total. The summed E-state index contributed by atoms with van der Waals surface area (Å²) >= 11 is 0. The number of likely N-dealkylation sites (N-methyl/N-ethyl adjacent to an activating group) is 1. The highest BCUT2D eigenvalue weighted by Crippen LogP contribution is 2.32. The second-order valence-electron chi connectivity index (χ2n) is 5.78. The average molecular weight is 281 g/mol. The third kappa shape index (κ3) is 2.63. The summed E-state index contributed by atoms with van der Waals surface area (Å²) in [4.78, 5) is 2.46. The zero-order valence-electron chi connectivity index (χ0n) is 13.1. The summed E-state index contributed by atoms with van der Waals surface area (Å²) in [5, 5.41) is 0. The van der Waals surface area contributed by atoms with Gasteiger partial charge in [-0.3, -0.25) is 0 Å². The molecule has 0 spiro atoms. The minimum atomic E-state index is 0.437. The van der Waals surface area contributed by atoms with Crippen LogP contribution in [0.3, 0.4) is 0 Å². The third-order valence-electron chi connectivity index (χ3n) is 4.52. The second kappa shape index (κ2) is 5.80. The molecule has 1 aliphatic rings. The normalized spacial score (nSPS) is 16.9. The van der Waals surface area contributed by atoms with Crippen LogP contribution in [0, 0.1) is 13.8 Å². The summed E-state index contributed by atoms with van der Waals surface area (Å²) in [6, 6.07) is 15.4. The standard InChI is InChI=1S/C19H23NO/c1-4-20-17(12-16-9-5-6-10-18(16)20)13-21-19-11-7-8-14(2)15(19)3/h5-11,17H,4,12-13H2,1-3H3/t17-/m1/s1. The van der Waals surface area contributed by atoms with Crippen LogP contribution in [0.15, 0.2) is 42.5 Å². The lowest BCUT2D eigenvalue weighted by atomic mass is 10.1. The van der Waals surface area contributed by atoms with Gasteiger partial charge in [-0.1, -0.05) is 30.3 Å². The number of ether oxygens (including phenoxy) is 1. The monoisotopic (exact) mass is 281 g/mol. The SMILES string of the molecule is CCN1c2ccccc2C[C@@H]1COc1cccc(C)c1C. The molecule has 0 fully saturated rings. The number of nitrogens with zero attached hydrogens (tertiary/aromatic N) is 1. The van der Waals surface area contributed by atoms with Crippen LogP contribution >= 0.6 is 0 Å². The average Bonchev–Trinajstić information content (AvgIpc) is 2.86. The van der Waals surface area contributed by atoms with E-state index < -0.39 is 0 Å². The lowest BCUT2D eigenvalue weighted by Crippen LogP contribution is -2.36. The van der Waals surface area contributed by atoms with E-state index in [9.17, 15) is 0 Å². The Kier molecular flexibility index (Phi) is 3.87. The van der Waals surface area contributed by atoms with E-state index in [1.807, 2.05) is 0 Å². The number of anilines is 1. The van der Waals surface area contributed by atoms with Gasteiger partial charge in [0.25, 0.3) is 0 Å². The summed E-state index contributed by atoms with van der Waals surface area (Å²) in [7, 11) is 0. The summed E-state index contributed by atoms with van der Waals surface area (Å²) < 4.78 is 6.12. The first-order chi connectivity index (χ1) is 10.2. The fourth-order valence-electron chi connectivity index (χ4n) is 3.17. The van der Waals surface area contributed by atoms with Crippen LogP contribution in [-0.4, -0.2) is 19.2 Å². The number of para-hydroxylation sites is 1. The molecule has 0 N–H and O–H groups in total. The first-order valence-electron chi connectivity index (χ1n) is 7.74. The van der Waals surface area contributed by atoms with Gasteiger partial charge < -0.3 is 9.64 Å². The fraction of sp³-hybridized carbons (Fsp3) is 0.368. The van der Waals surface area contributed by atoms with E-state index in [2.05, 4.69) is 68.1 Å². The molecule has 0 bridgehead atoms. The van der Waals surface area contributed by atoms with Gasteiger partial charge >= 0.3 is 0 Å². The maximum Gasteiger partial charge on any atom is 0.122 e. The lowest BCUT2D eigenvalue weighted by molar-refractivity contribution is 0.284. The molecule has 1 aliphatic heterocycles. The Morgan fingerprint density at radius 2 is 1.90 bits per heavy atom. The molecule has 21 heavy (non-hydrogen) atoms. The molecule has 1 heterocycles. The molecular formula is C19H23NO. The molecule has 0 saturated heterocycles. The molecule has 0 aromatic heterocycles. The predicted molar refractivity (Wildman–Crippen MR) is 88.4 cm³/mol. The smallest absolute Gasteiger partial charge is 0.122 e. The minimum absolute atomic E-state index is 0.437. The van der Waals surface area contributed by atoms with E-state index in [0.29, 0.717) is 6.04 Å². The van der Waals surface area contributed by atoms with Gasteiger partial charge in [-0.15, -0.1) is 0 Å². The van der Waals surface area contributed by atoms with Crippen molar-refractivity contribution in [2.45, 2.75) is 33.2 Å². The summed E-state index contributed by atoms with van der Waals surface area (Å²) in [6.45, 7) is 8.25. The maximum absolute atomic E-state index is 6.12. The van der Waals surface area contributed by atoms with E-state index in [4.69, 9.17) is 4.74 Å². The van der Waals surface area contributed by atoms with E-state index in [1.165, 1.54) is 22.4 Å². The zero-order valence-corrected chi connectivity index (χ0v) is 13.1. The topological polar surface area (TPSA) is 12.5 Å². The Labute approximate surface area is 127 Å². The van der Waals surface area contributed by atoms with Crippen LogP contribution < -0.4 is 9.64 Å². The number of hydrogen-bond donors (Lipinski definition) is 0. The van der Waals surface area contributed by atoms with Crippen molar-refractivity contribution < 1.29 is 4.74 Å². The van der Waals surface area contributed by atoms with Gasteiger partial charge in [-0.2, -0.15) is 0 Å². The van der Waals surface area contributed by atoms with Crippen molar-refractivity contribution in [1.29, 1.82) is 0 Å². The number of benzene rings is 2. The highest BCUT2D eigenvalue weighted by Gasteiger charge is 2.28. The Bertz CT molecular complexity index is 635. The molecule has 0 unspecified atom stereocenters. The Morgan fingerprint density at radius 1 is 1.10 bits per heavy atom. The van der Waals surface area contributed by atoms with E-state index >= 15 is 0 Å². The van der Waals surface area contributed by atoms with Crippen molar-refractivity contribution in [3.05, 3.63) is 59.2 Å². The summed E-state index contributed by atoms with van der Waals surface area (Å²) in [5.74, 6) is 1.02. The number of aryl methyl sites for hydroxylation is 1. The van der Waals surface area contributed by atoms with E-state index in [-0.39, 0.29) is 0 Å². The molecule has 3 rings (SSSR count). The maximum atomic E-state index is 6.12. The van der Waals surface area contributed by atoms with Crippen molar-refractivity contribution in [3.63, 3.8) is 0 Å². The Balaban J connectivity index is 1.73. The van der Waals surface area contributed by atoms with Gasteiger partial charge in [-0.05, 0) is 56.0 Å². The molecule has 2 aromatic rings. The quantitative estimate of drug-likeness (QED) is 0.835. The molecular weight excluding hydrogens is 258 g/mol. The van der Waals surface area contributed by atoms with Crippen LogP contribution in [0.25, 0.3) is 0 Å². The number of fused-ring (bicyclic) bond motifs is 1. The first-order valence-corrected chi connectivity index (χ1v) is 7.74. The van der Waals surface area contributed by atoms with Gasteiger partial charge in [0.1, 0.15) is 12.4 Å². The highest BCUT2D eigenvalue weighted by molar-refractivity contribution is 5.59. The molecule has 0 radical (unpaired) electrons. The summed E-state index contributed by atoms with van der Waals surface area (Å²) in [6.07, 6.45) is 1.08. The molecule has 110 valence electrons. The third-order valence-corrected chi connectivity index (χ3v) is 4.52. The first kappa shape index (κ1) is 14.0. The van der Waals surface area contributed by atoms with Gasteiger partial charge in [-0.25, -0.2) is 0 Å². The molecule has 2 aromatic carbocycles. The van der Waals surface area contributed by atoms with Crippen molar-refractivity contribution >= 4 is 5.69 Å². The molecule has 0 saturated carbocycles. The number of hydrogen-bond acceptors (Lipinski definition) is 2. The van der Waals surface area contributed by atoms with E-state index in [1.54, 1.807) is 0 Å². The van der Waals surface area contributed by atoms with E-state index in [0.717, 1.165) is 25.3 Å². The highest BCUT2D eigenvalue weighted by atomic mass is 16.5. The molecule has 2 heteroatoms. The minimum Gasteiger partial charge on any atom is -0.491 e. The van der Waals surface area contributed by atoms with Gasteiger partial charge in [0.05, 0.1) is 6.04 Å². The lowest BCUT2D eigenvalue weighted by Gasteiger charge is -2.26. The number of rotatable bonds is 4. The Morgan fingerprint density at radius 3 is 2.71 bits per heavy atom.